The lowest BCUT2D eigenvalue weighted by Gasteiger charge is -2.06. The fourth-order valence-electron chi connectivity index (χ4n) is 2.15. The summed E-state index contributed by atoms with van der Waals surface area (Å²) < 4.78 is 0. The maximum absolute atomic E-state index is 5.97. The molecule has 0 aliphatic heterocycles. The van der Waals surface area contributed by atoms with Crippen LogP contribution in [0, 0.1) is 0 Å². The average molecular weight is 330 g/mol. The van der Waals surface area contributed by atoms with E-state index < -0.39 is 0 Å². The van der Waals surface area contributed by atoms with Gasteiger partial charge in [0.25, 0.3) is 0 Å². The molecule has 0 saturated carbocycles. The molecule has 0 spiro atoms. The molecular weight excluding hydrogens is 314 g/mol. The molecule has 2 aromatic heterocycles. The van der Waals surface area contributed by atoms with E-state index >= 15 is 0 Å². The van der Waals surface area contributed by atoms with Crippen LogP contribution in [0.5, 0.6) is 0 Å². The summed E-state index contributed by atoms with van der Waals surface area (Å²) in [4.78, 5) is 10.1. The van der Waals surface area contributed by atoms with Gasteiger partial charge in [-0.25, -0.2) is 4.98 Å². The first-order valence-electron chi connectivity index (χ1n) is 7.19. The van der Waals surface area contributed by atoms with Crippen LogP contribution in [0.1, 0.15) is 13.3 Å². The maximum Gasteiger partial charge on any atom is 0.183 e. The summed E-state index contributed by atoms with van der Waals surface area (Å²) >= 11 is 7.62. The standard InChI is InChI=1S/C17H16ClN3S/c1-2-9-20-17-21-11-15(22-17)14-4-3-10-19-16(14)12-5-7-13(18)8-6-12/h3-8,10-11H,2,9H2,1H3,(H,20,21). The van der Waals surface area contributed by atoms with E-state index in [1.54, 1.807) is 11.3 Å². The number of anilines is 1. The third-order valence-electron chi connectivity index (χ3n) is 3.22. The van der Waals surface area contributed by atoms with Crippen LogP contribution in [0.4, 0.5) is 5.13 Å². The SMILES string of the molecule is CCCNc1ncc(-c2cccnc2-c2ccc(Cl)cc2)s1. The third-order valence-corrected chi connectivity index (χ3v) is 4.46. The minimum Gasteiger partial charge on any atom is -0.362 e. The monoisotopic (exact) mass is 329 g/mol. The molecule has 0 fully saturated rings. The third kappa shape index (κ3) is 3.29. The Kier molecular flexibility index (Phi) is 4.71. The molecule has 0 bridgehead atoms. The fraction of sp³-hybridized carbons (Fsp3) is 0.176. The zero-order chi connectivity index (χ0) is 15.4. The molecule has 0 amide bonds. The van der Waals surface area contributed by atoms with Gasteiger partial charge in [0, 0.05) is 35.1 Å². The Balaban J connectivity index is 1.97. The first-order chi connectivity index (χ1) is 10.8. The van der Waals surface area contributed by atoms with E-state index in [0.29, 0.717) is 0 Å². The topological polar surface area (TPSA) is 37.8 Å². The van der Waals surface area contributed by atoms with E-state index in [1.165, 1.54) is 0 Å². The Labute approximate surface area is 139 Å². The Bertz CT molecular complexity index is 753. The molecule has 1 aromatic carbocycles. The van der Waals surface area contributed by atoms with E-state index in [4.69, 9.17) is 11.6 Å². The highest BCUT2D eigenvalue weighted by atomic mass is 35.5. The van der Waals surface area contributed by atoms with Crippen molar-refractivity contribution >= 4 is 28.1 Å². The van der Waals surface area contributed by atoms with Crippen molar-refractivity contribution in [1.29, 1.82) is 0 Å². The van der Waals surface area contributed by atoms with Crippen LogP contribution in [0.2, 0.25) is 5.02 Å². The molecule has 3 aromatic rings. The molecule has 22 heavy (non-hydrogen) atoms. The molecular formula is C17H16ClN3S. The largest absolute Gasteiger partial charge is 0.362 e. The van der Waals surface area contributed by atoms with Crippen LogP contribution in [0.3, 0.4) is 0 Å². The fourth-order valence-corrected chi connectivity index (χ4v) is 3.15. The molecule has 0 radical (unpaired) electrons. The summed E-state index contributed by atoms with van der Waals surface area (Å²) in [5.41, 5.74) is 3.09. The van der Waals surface area contributed by atoms with Gasteiger partial charge in [-0.15, -0.1) is 0 Å². The van der Waals surface area contributed by atoms with Crippen molar-refractivity contribution < 1.29 is 0 Å². The van der Waals surface area contributed by atoms with Crippen LogP contribution in [-0.4, -0.2) is 16.5 Å². The van der Waals surface area contributed by atoms with E-state index in [2.05, 4.69) is 28.3 Å². The lowest BCUT2D eigenvalue weighted by Crippen LogP contribution is -1.97. The van der Waals surface area contributed by atoms with Crippen molar-refractivity contribution in [3.8, 4) is 21.7 Å². The number of benzene rings is 1. The average Bonchev–Trinajstić information content (AvgIpc) is 3.02. The molecule has 0 unspecified atom stereocenters. The predicted molar refractivity (Wildman–Crippen MR) is 94.6 cm³/mol. The van der Waals surface area contributed by atoms with E-state index in [9.17, 15) is 0 Å². The molecule has 3 rings (SSSR count). The number of nitrogens with zero attached hydrogens (tertiary/aromatic N) is 2. The number of hydrogen-bond acceptors (Lipinski definition) is 4. The van der Waals surface area contributed by atoms with Crippen molar-refractivity contribution in [2.45, 2.75) is 13.3 Å². The quantitative estimate of drug-likeness (QED) is 0.685. The number of rotatable bonds is 5. The Morgan fingerprint density at radius 3 is 2.73 bits per heavy atom. The lowest BCUT2D eigenvalue weighted by molar-refractivity contribution is 0.976. The molecule has 0 aliphatic carbocycles. The summed E-state index contributed by atoms with van der Waals surface area (Å²) in [7, 11) is 0. The minimum atomic E-state index is 0.727. The molecule has 5 heteroatoms. The zero-order valence-electron chi connectivity index (χ0n) is 12.2. The van der Waals surface area contributed by atoms with Crippen LogP contribution >= 0.6 is 22.9 Å². The number of hydrogen-bond donors (Lipinski definition) is 1. The predicted octanol–water partition coefficient (Wildman–Crippen LogP) is 5.35. The first kappa shape index (κ1) is 15.0. The van der Waals surface area contributed by atoms with E-state index in [1.807, 2.05) is 42.7 Å². The highest BCUT2D eigenvalue weighted by Gasteiger charge is 2.11. The van der Waals surface area contributed by atoms with Gasteiger partial charge in [-0.1, -0.05) is 42.0 Å². The Morgan fingerprint density at radius 2 is 1.95 bits per heavy atom. The van der Waals surface area contributed by atoms with Crippen LogP contribution in [0.15, 0.2) is 48.8 Å². The van der Waals surface area contributed by atoms with Crippen molar-refractivity contribution in [1.82, 2.24) is 9.97 Å². The van der Waals surface area contributed by atoms with Gasteiger partial charge in [-0.3, -0.25) is 4.98 Å². The number of aromatic nitrogens is 2. The van der Waals surface area contributed by atoms with Gasteiger partial charge in [0.15, 0.2) is 5.13 Å². The van der Waals surface area contributed by atoms with Gasteiger partial charge in [0.05, 0.1) is 10.6 Å². The van der Waals surface area contributed by atoms with Crippen molar-refractivity contribution in [3.63, 3.8) is 0 Å². The molecule has 1 N–H and O–H groups in total. The Hall–Kier alpha value is -1.91. The minimum absolute atomic E-state index is 0.727. The number of nitrogens with one attached hydrogen (secondary N) is 1. The van der Waals surface area contributed by atoms with E-state index in [-0.39, 0.29) is 0 Å². The number of pyridine rings is 1. The zero-order valence-corrected chi connectivity index (χ0v) is 13.8. The van der Waals surface area contributed by atoms with Gasteiger partial charge in [0.2, 0.25) is 0 Å². The van der Waals surface area contributed by atoms with Crippen molar-refractivity contribution in [3.05, 3.63) is 53.8 Å². The second-order valence-electron chi connectivity index (χ2n) is 4.86. The second kappa shape index (κ2) is 6.90. The Morgan fingerprint density at radius 1 is 1.14 bits per heavy atom. The number of thiazole rings is 1. The molecule has 3 nitrogen and oxygen atoms in total. The second-order valence-corrected chi connectivity index (χ2v) is 6.33. The van der Waals surface area contributed by atoms with Crippen LogP contribution < -0.4 is 5.32 Å². The van der Waals surface area contributed by atoms with E-state index in [0.717, 1.165) is 44.8 Å². The van der Waals surface area contributed by atoms with Crippen LogP contribution in [-0.2, 0) is 0 Å². The maximum atomic E-state index is 5.97. The highest BCUT2D eigenvalue weighted by Crippen LogP contribution is 2.35. The van der Waals surface area contributed by atoms with Crippen LogP contribution in [0.25, 0.3) is 21.7 Å². The lowest BCUT2D eigenvalue weighted by atomic mass is 10.1. The molecule has 0 atom stereocenters. The molecule has 0 saturated heterocycles. The summed E-state index contributed by atoms with van der Waals surface area (Å²) in [5, 5.41) is 4.99. The first-order valence-corrected chi connectivity index (χ1v) is 8.38. The number of halogens is 1. The molecule has 0 aliphatic rings. The molecule has 2 heterocycles. The smallest absolute Gasteiger partial charge is 0.183 e. The normalized spacial score (nSPS) is 10.6. The molecule has 112 valence electrons. The van der Waals surface area contributed by atoms with Gasteiger partial charge in [-0.2, -0.15) is 0 Å². The highest BCUT2D eigenvalue weighted by molar-refractivity contribution is 7.18. The summed E-state index contributed by atoms with van der Waals surface area (Å²) in [5.74, 6) is 0. The van der Waals surface area contributed by atoms with Crippen molar-refractivity contribution in [2.24, 2.45) is 0 Å². The summed E-state index contributed by atoms with van der Waals surface area (Å²) in [6, 6.07) is 11.8. The van der Waals surface area contributed by atoms with Crippen molar-refractivity contribution in [2.75, 3.05) is 11.9 Å². The summed E-state index contributed by atoms with van der Waals surface area (Å²) in [6.45, 7) is 3.07. The van der Waals surface area contributed by atoms with Gasteiger partial charge < -0.3 is 5.32 Å². The van der Waals surface area contributed by atoms with Gasteiger partial charge in [-0.05, 0) is 30.7 Å². The van der Waals surface area contributed by atoms with Gasteiger partial charge in [0.1, 0.15) is 0 Å². The summed E-state index contributed by atoms with van der Waals surface area (Å²) in [6.07, 6.45) is 4.79. The van der Waals surface area contributed by atoms with Gasteiger partial charge >= 0.3 is 0 Å².